The van der Waals surface area contributed by atoms with Gasteiger partial charge in [0, 0.05) is 6.08 Å². The van der Waals surface area contributed by atoms with Crippen LogP contribution in [-0.4, -0.2) is 13.1 Å². The number of carbonyl (C=O) groups is 1. The van der Waals surface area contributed by atoms with Crippen LogP contribution in [0.1, 0.15) is 33.6 Å². The predicted molar refractivity (Wildman–Crippen MR) is 54.4 cm³/mol. The van der Waals surface area contributed by atoms with E-state index in [2.05, 4.69) is 25.5 Å². The number of hydrogen-bond acceptors (Lipinski definition) is 2. The van der Waals surface area contributed by atoms with Crippen molar-refractivity contribution in [3.05, 3.63) is 12.2 Å². The first-order valence-corrected chi connectivity index (χ1v) is 4.86. The van der Waals surface area contributed by atoms with Crippen molar-refractivity contribution in [2.45, 2.75) is 33.6 Å². The van der Waals surface area contributed by atoms with Gasteiger partial charge in [0.15, 0.2) is 0 Å². The molecule has 0 saturated heterocycles. The highest BCUT2D eigenvalue weighted by Crippen LogP contribution is 2.15. The van der Waals surface area contributed by atoms with Crippen LogP contribution < -0.4 is 0 Å². The van der Waals surface area contributed by atoms with E-state index in [9.17, 15) is 4.79 Å². The molecule has 0 aliphatic rings. The molecule has 0 spiro atoms. The molecule has 0 aliphatic carbocycles. The molecule has 0 saturated carbocycles. The summed E-state index contributed by atoms with van der Waals surface area (Å²) in [5.74, 6) is 0.905. The Morgan fingerprint density at radius 2 is 2.08 bits per heavy atom. The highest BCUT2D eigenvalue weighted by Gasteiger charge is 2.04. The quantitative estimate of drug-likeness (QED) is 0.485. The zero-order chi connectivity index (χ0) is 10.3. The van der Waals surface area contributed by atoms with Crippen molar-refractivity contribution in [3.8, 4) is 0 Å². The molecular formula is C11H20O2. The van der Waals surface area contributed by atoms with Gasteiger partial charge >= 0.3 is 5.97 Å². The van der Waals surface area contributed by atoms with Crippen molar-refractivity contribution >= 4 is 5.97 Å². The molecule has 76 valence electrons. The molecule has 0 rings (SSSR count). The van der Waals surface area contributed by atoms with Crippen LogP contribution in [0.4, 0.5) is 0 Å². The molecule has 2 nitrogen and oxygen atoms in total. The summed E-state index contributed by atoms with van der Waals surface area (Å²) in [5, 5.41) is 0. The van der Waals surface area contributed by atoms with Gasteiger partial charge in [-0.25, -0.2) is 4.79 Å². The summed E-state index contributed by atoms with van der Waals surface area (Å²) in [6.45, 7) is 6.52. The molecule has 2 atom stereocenters. The van der Waals surface area contributed by atoms with Crippen LogP contribution in [-0.2, 0) is 9.53 Å². The summed E-state index contributed by atoms with van der Waals surface area (Å²) in [7, 11) is 1.39. The molecule has 2 heteroatoms. The van der Waals surface area contributed by atoms with Crippen molar-refractivity contribution in [1.29, 1.82) is 0 Å². The van der Waals surface area contributed by atoms with Gasteiger partial charge in [0.25, 0.3) is 0 Å². The predicted octanol–water partition coefficient (Wildman–Crippen LogP) is 2.79. The van der Waals surface area contributed by atoms with Gasteiger partial charge in [0.05, 0.1) is 7.11 Å². The van der Waals surface area contributed by atoms with Crippen LogP contribution in [0.3, 0.4) is 0 Å². The Labute approximate surface area is 81.0 Å². The van der Waals surface area contributed by atoms with E-state index >= 15 is 0 Å². The fourth-order valence-electron chi connectivity index (χ4n) is 1.19. The van der Waals surface area contributed by atoms with Crippen molar-refractivity contribution in [2.24, 2.45) is 11.8 Å². The van der Waals surface area contributed by atoms with Gasteiger partial charge in [-0.15, -0.1) is 0 Å². The van der Waals surface area contributed by atoms with E-state index in [4.69, 9.17) is 0 Å². The first-order valence-electron chi connectivity index (χ1n) is 4.86. The van der Waals surface area contributed by atoms with Crippen LogP contribution in [0.15, 0.2) is 12.2 Å². The Bertz CT molecular complexity index is 173. The van der Waals surface area contributed by atoms with E-state index in [1.165, 1.54) is 19.6 Å². The standard InChI is InChI=1S/C11H20O2/c1-5-9(2)8-10(3)6-7-11(12)13-4/h6-7,9-10H,5,8H2,1-4H3. The molecule has 13 heavy (non-hydrogen) atoms. The Morgan fingerprint density at radius 3 is 2.54 bits per heavy atom. The molecule has 0 amide bonds. The van der Waals surface area contributed by atoms with Crippen LogP contribution in [0, 0.1) is 11.8 Å². The lowest BCUT2D eigenvalue weighted by Crippen LogP contribution is -2.01. The maximum atomic E-state index is 10.8. The highest BCUT2D eigenvalue weighted by atomic mass is 16.5. The third kappa shape index (κ3) is 6.38. The Kier molecular flexibility index (Phi) is 6.29. The number of esters is 1. The monoisotopic (exact) mass is 184 g/mol. The lowest BCUT2D eigenvalue weighted by atomic mass is 9.95. The van der Waals surface area contributed by atoms with E-state index in [1.54, 1.807) is 0 Å². The number of methoxy groups -OCH3 is 1. The molecule has 0 radical (unpaired) electrons. The van der Waals surface area contributed by atoms with Crippen LogP contribution in [0.5, 0.6) is 0 Å². The molecule has 0 aromatic carbocycles. The molecule has 2 unspecified atom stereocenters. The van der Waals surface area contributed by atoms with Gasteiger partial charge in [0.1, 0.15) is 0 Å². The first-order chi connectivity index (χ1) is 6.10. The SMILES string of the molecule is CCC(C)CC(C)C=CC(=O)OC. The number of carbonyl (C=O) groups excluding carboxylic acids is 1. The Morgan fingerprint density at radius 1 is 1.46 bits per heavy atom. The zero-order valence-corrected chi connectivity index (χ0v) is 9.04. The van der Waals surface area contributed by atoms with E-state index in [0.29, 0.717) is 5.92 Å². The van der Waals surface area contributed by atoms with Crippen LogP contribution in [0.25, 0.3) is 0 Å². The average molecular weight is 184 g/mol. The molecule has 0 bridgehead atoms. The third-order valence-corrected chi connectivity index (χ3v) is 2.23. The lowest BCUT2D eigenvalue weighted by molar-refractivity contribution is -0.134. The summed E-state index contributed by atoms with van der Waals surface area (Å²) < 4.78 is 4.51. The van der Waals surface area contributed by atoms with E-state index in [0.717, 1.165) is 12.3 Å². The summed E-state index contributed by atoms with van der Waals surface area (Å²) in [6.07, 6.45) is 5.74. The number of hydrogen-bond donors (Lipinski definition) is 0. The molecule has 0 aliphatic heterocycles. The van der Waals surface area contributed by atoms with Crippen LogP contribution >= 0.6 is 0 Å². The smallest absolute Gasteiger partial charge is 0.330 e. The largest absolute Gasteiger partial charge is 0.466 e. The summed E-state index contributed by atoms with van der Waals surface area (Å²) in [4.78, 5) is 10.8. The van der Waals surface area contributed by atoms with Crippen molar-refractivity contribution in [2.75, 3.05) is 7.11 Å². The number of rotatable bonds is 5. The summed E-state index contributed by atoms with van der Waals surface area (Å²) in [6, 6.07) is 0. The van der Waals surface area contributed by atoms with Crippen LogP contribution in [0.2, 0.25) is 0 Å². The Hall–Kier alpha value is -0.790. The topological polar surface area (TPSA) is 26.3 Å². The van der Waals surface area contributed by atoms with Crippen molar-refractivity contribution in [1.82, 2.24) is 0 Å². The normalized spacial score (nSPS) is 15.7. The Balaban J connectivity index is 3.79. The van der Waals surface area contributed by atoms with E-state index < -0.39 is 0 Å². The molecule has 0 aromatic heterocycles. The molecule has 0 N–H and O–H groups in total. The second kappa shape index (κ2) is 6.70. The molecule has 0 aromatic rings. The van der Waals surface area contributed by atoms with Gasteiger partial charge in [-0.2, -0.15) is 0 Å². The third-order valence-electron chi connectivity index (χ3n) is 2.23. The second-order valence-electron chi connectivity index (χ2n) is 3.61. The summed E-state index contributed by atoms with van der Waals surface area (Å²) >= 11 is 0. The van der Waals surface area contributed by atoms with Gasteiger partial charge in [-0.3, -0.25) is 0 Å². The van der Waals surface area contributed by atoms with Crippen molar-refractivity contribution < 1.29 is 9.53 Å². The highest BCUT2D eigenvalue weighted by molar-refractivity contribution is 5.81. The number of allylic oxidation sites excluding steroid dienone is 1. The number of ether oxygens (including phenoxy) is 1. The van der Waals surface area contributed by atoms with Crippen molar-refractivity contribution in [3.63, 3.8) is 0 Å². The molecule has 0 heterocycles. The molecular weight excluding hydrogens is 164 g/mol. The van der Waals surface area contributed by atoms with E-state index in [-0.39, 0.29) is 5.97 Å². The maximum Gasteiger partial charge on any atom is 0.330 e. The minimum absolute atomic E-state index is 0.268. The van der Waals surface area contributed by atoms with Gasteiger partial charge in [-0.1, -0.05) is 33.3 Å². The average Bonchev–Trinajstić information content (AvgIpc) is 2.13. The van der Waals surface area contributed by atoms with Gasteiger partial charge in [0.2, 0.25) is 0 Å². The van der Waals surface area contributed by atoms with Gasteiger partial charge in [-0.05, 0) is 18.3 Å². The summed E-state index contributed by atoms with van der Waals surface area (Å²) in [5.41, 5.74) is 0. The minimum atomic E-state index is -0.268. The fourth-order valence-corrected chi connectivity index (χ4v) is 1.19. The zero-order valence-electron chi connectivity index (χ0n) is 9.04. The van der Waals surface area contributed by atoms with E-state index in [1.807, 2.05) is 6.08 Å². The molecule has 0 fully saturated rings. The fraction of sp³-hybridized carbons (Fsp3) is 0.727. The minimum Gasteiger partial charge on any atom is -0.466 e. The maximum absolute atomic E-state index is 10.8. The lowest BCUT2D eigenvalue weighted by Gasteiger charge is -2.11. The first kappa shape index (κ1) is 12.2. The van der Waals surface area contributed by atoms with Gasteiger partial charge < -0.3 is 4.74 Å². The second-order valence-corrected chi connectivity index (χ2v) is 3.61.